The molecular formula is C29H31N7O4. The maximum Gasteiger partial charge on any atom is 0.239 e. The summed E-state index contributed by atoms with van der Waals surface area (Å²) in [6, 6.07) is 15.3. The van der Waals surface area contributed by atoms with Crippen molar-refractivity contribution >= 4 is 11.7 Å². The molecule has 2 aliphatic heterocycles. The fourth-order valence-electron chi connectivity index (χ4n) is 4.98. The van der Waals surface area contributed by atoms with Crippen molar-refractivity contribution in [1.29, 1.82) is 0 Å². The Morgan fingerprint density at radius 1 is 1.00 bits per heavy atom. The second kappa shape index (κ2) is 11.6. The average molecular weight is 542 g/mol. The number of hydrogen-bond donors (Lipinski definition) is 1. The van der Waals surface area contributed by atoms with Crippen LogP contribution in [0.5, 0.6) is 17.2 Å². The van der Waals surface area contributed by atoms with Crippen LogP contribution in [-0.2, 0) is 17.9 Å². The van der Waals surface area contributed by atoms with E-state index >= 15 is 0 Å². The van der Waals surface area contributed by atoms with Crippen LogP contribution in [0.4, 0.5) is 5.82 Å². The molecule has 206 valence electrons. The van der Waals surface area contributed by atoms with Crippen molar-refractivity contribution in [2.75, 3.05) is 44.9 Å². The van der Waals surface area contributed by atoms with Gasteiger partial charge in [-0.25, -0.2) is 15.0 Å². The first-order valence-corrected chi connectivity index (χ1v) is 13.2. The summed E-state index contributed by atoms with van der Waals surface area (Å²) in [6.07, 6.45) is 6.80. The lowest BCUT2D eigenvalue weighted by molar-refractivity contribution is -0.127. The second-order valence-electron chi connectivity index (χ2n) is 9.68. The van der Waals surface area contributed by atoms with Gasteiger partial charge in [0.1, 0.15) is 49.3 Å². The molecule has 6 rings (SSSR count). The monoisotopic (exact) mass is 541 g/mol. The van der Waals surface area contributed by atoms with Crippen molar-refractivity contribution in [2.24, 2.45) is 0 Å². The van der Waals surface area contributed by atoms with Crippen molar-refractivity contribution < 1.29 is 19.0 Å². The zero-order valence-corrected chi connectivity index (χ0v) is 22.3. The number of fused-ring (bicyclic) bond motifs is 1. The Balaban J connectivity index is 1.20. The van der Waals surface area contributed by atoms with Crippen LogP contribution in [0.25, 0.3) is 5.82 Å². The normalized spacial score (nSPS) is 16.9. The van der Waals surface area contributed by atoms with E-state index in [1.54, 1.807) is 26.0 Å². The van der Waals surface area contributed by atoms with E-state index in [0.717, 1.165) is 40.8 Å². The highest BCUT2D eigenvalue weighted by Crippen LogP contribution is 2.30. The maximum absolute atomic E-state index is 13.7. The number of piperazine rings is 1. The number of imidazole rings is 1. The molecule has 1 fully saturated rings. The molecule has 11 heteroatoms. The number of aromatic nitrogens is 4. The van der Waals surface area contributed by atoms with Gasteiger partial charge in [-0.3, -0.25) is 14.3 Å². The third-order valence-electron chi connectivity index (χ3n) is 7.14. The van der Waals surface area contributed by atoms with Crippen LogP contribution in [-0.4, -0.2) is 76.3 Å². The average Bonchev–Trinajstić information content (AvgIpc) is 3.56. The van der Waals surface area contributed by atoms with Crippen molar-refractivity contribution in [1.82, 2.24) is 29.7 Å². The van der Waals surface area contributed by atoms with Gasteiger partial charge in [-0.15, -0.1) is 0 Å². The highest BCUT2D eigenvalue weighted by Gasteiger charge is 2.33. The van der Waals surface area contributed by atoms with Gasteiger partial charge in [0, 0.05) is 51.2 Å². The van der Waals surface area contributed by atoms with Crippen LogP contribution < -0.4 is 24.4 Å². The maximum atomic E-state index is 13.7. The minimum Gasteiger partial charge on any atom is -0.497 e. The molecule has 4 heterocycles. The number of ether oxygens (including phenoxy) is 3. The summed E-state index contributed by atoms with van der Waals surface area (Å²) in [7, 11) is 1.65. The van der Waals surface area contributed by atoms with Crippen LogP contribution in [0.1, 0.15) is 11.1 Å². The minimum atomic E-state index is -0.389. The standard InChI is InChI=1S/C29H31N7O4/c1-38-23-5-2-21(3-6-23)17-34-10-11-35(27-15-28(33-19-32-27)36-9-8-30-20-36)18-24(34)29(37)31-16-22-4-7-25-26(14-22)40-13-12-39-25/h2-9,14-15,19-20,24H,10-13,16-18H2,1H3,(H,31,37). The molecule has 0 aliphatic carbocycles. The summed E-state index contributed by atoms with van der Waals surface area (Å²) in [5, 5.41) is 3.15. The van der Waals surface area contributed by atoms with Gasteiger partial charge in [-0.2, -0.15) is 0 Å². The molecule has 11 nitrogen and oxygen atoms in total. The molecule has 1 atom stereocenters. The SMILES string of the molecule is COc1ccc(CN2CCN(c3cc(-n4ccnc4)ncn3)CC2C(=O)NCc2ccc3c(c2)OCCO3)cc1. The summed E-state index contributed by atoms with van der Waals surface area (Å²) in [5.41, 5.74) is 2.07. The number of benzene rings is 2. The van der Waals surface area contributed by atoms with Gasteiger partial charge in [-0.1, -0.05) is 18.2 Å². The molecule has 40 heavy (non-hydrogen) atoms. The van der Waals surface area contributed by atoms with Crippen LogP contribution in [0.2, 0.25) is 0 Å². The number of hydrogen-bond acceptors (Lipinski definition) is 9. The largest absolute Gasteiger partial charge is 0.497 e. The molecule has 2 aliphatic rings. The van der Waals surface area contributed by atoms with E-state index in [0.29, 0.717) is 45.1 Å². The highest BCUT2D eigenvalue weighted by atomic mass is 16.6. The Morgan fingerprint density at radius 3 is 2.60 bits per heavy atom. The Labute approximate surface area is 232 Å². The third kappa shape index (κ3) is 5.69. The first kappa shape index (κ1) is 25.6. The van der Waals surface area contributed by atoms with E-state index in [1.165, 1.54) is 0 Å². The molecule has 1 saturated heterocycles. The van der Waals surface area contributed by atoms with E-state index in [2.05, 4.69) is 30.1 Å². The number of amides is 1. The number of methoxy groups -OCH3 is 1. The summed E-state index contributed by atoms with van der Waals surface area (Å²) < 4.78 is 18.5. The molecule has 0 saturated carbocycles. The molecule has 0 radical (unpaired) electrons. The Bertz CT molecular complexity index is 1450. The van der Waals surface area contributed by atoms with E-state index in [1.807, 2.05) is 59.3 Å². The summed E-state index contributed by atoms with van der Waals surface area (Å²) in [6.45, 7) is 4.00. The highest BCUT2D eigenvalue weighted by molar-refractivity contribution is 5.82. The lowest BCUT2D eigenvalue weighted by Crippen LogP contribution is -2.58. The minimum absolute atomic E-state index is 0.0445. The zero-order chi connectivity index (χ0) is 27.3. The number of rotatable bonds is 8. The Kier molecular flexibility index (Phi) is 7.45. The molecule has 1 unspecified atom stereocenters. The van der Waals surface area contributed by atoms with Crippen LogP contribution in [0.15, 0.2) is 73.6 Å². The first-order chi connectivity index (χ1) is 19.7. The van der Waals surface area contributed by atoms with Gasteiger partial charge < -0.3 is 24.4 Å². The Hall–Kier alpha value is -4.64. The number of nitrogens with one attached hydrogen (secondary N) is 1. The van der Waals surface area contributed by atoms with E-state index in [-0.39, 0.29) is 11.9 Å². The lowest BCUT2D eigenvalue weighted by atomic mass is 10.1. The molecule has 2 aromatic carbocycles. The van der Waals surface area contributed by atoms with Gasteiger partial charge >= 0.3 is 0 Å². The summed E-state index contributed by atoms with van der Waals surface area (Å²) in [5.74, 6) is 3.70. The summed E-state index contributed by atoms with van der Waals surface area (Å²) >= 11 is 0. The number of nitrogens with zero attached hydrogens (tertiary/aromatic N) is 6. The third-order valence-corrected chi connectivity index (χ3v) is 7.14. The van der Waals surface area contributed by atoms with Crippen molar-refractivity contribution in [3.63, 3.8) is 0 Å². The predicted octanol–water partition coefficient (Wildman–Crippen LogP) is 2.45. The van der Waals surface area contributed by atoms with Gasteiger partial charge in [0.25, 0.3) is 0 Å². The smallest absolute Gasteiger partial charge is 0.239 e. The Morgan fingerprint density at radius 2 is 1.80 bits per heavy atom. The van der Waals surface area contributed by atoms with E-state index in [9.17, 15) is 4.79 Å². The predicted molar refractivity (Wildman–Crippen MR) is 148 cm³/mol. The summed E-state index contributed by atoms with van der Waals surface area (Å²) in [4.78, 5) is 31.1. The van der Waals surface area contributed by atoms with Crippen LogP contribution in [0.3, 0.4) is 0 Å². The number of carbonyl (C=O) groups excluding carboxylic acids is 1. The van der Waals surface area contributed by atoms with Crippen LogP contribution in [0, 0.1) is 0 Å². The topological polar surface area (TPSA) is 107 Å². The zero-order valence-electron chi connectivity index (χ0n) is 22.3. The van der Waals surface area contributed by atoms with Crippen LogP contribution >= 0.6 is 0 Å². The fraction of sp³-hybridized carbons (Fsp3) is 0.310. The van der Waals surface area contributed by atoms with Crippen molar-refractivity contribution in [2.45, 2.75) is 19.1 Å². The molecular weight excluding hydrogens is 510 g/mol. The molecule has 0 spiro atoms. The van der Waals surface area contributed by atoms with Crippen molar-refractivity contribution in [3.05, 3.63) is 84.7 Å². The molecule has 1 amide bonds. The second-order valence-corrected chi connectivity index (χ2v) is 9.68. The quantitative estimate of drug-likeness (QED) is 0.360. The lowest BCUT2D eigenvalue weighted by Gasteiger charge is -2.41. The van der Waals surface area contributed by atoms with Gasteiger partial charge in [-0.05, 0) is 35.4 Å². The first-order valence-electron chi connectivity index (χ1n) is 13.2. The molecule has 1 N–H and O–H groups in total. The number of carbonyl (C=O) groups is 1. The van der Waals surface area contributed by atoms with E-state index < -0.39 is 0 Å². The molecule has 2 aromatic heterocycles. The van der Waals surface area contributed by atoms with Gasteiger partial charge in [0.2, 0.25) is 5.91 Å². The number of anilines is 1. The van der Waals surface area contributed by atoms with Gasteiger partial charge in [0.05, 0.1) is 7.11 Å². The molecule has 4 aromatic rings. The molecule has 0 bridgehead atoms. The van der Waals surface area contributed by atoms with E-state index in [4.69, 9.17) is 14.2 Å². The fourth-order valence-corrected chi connectivity index (χ4v) is 4.98. The van der Waals surface area contributed by atoms with Crippen molar-refractivity contribution in [3.8, 4) is 23.1 Å². The van der Waals surface area contributed by atoms with Gasteiger partial charge in [0.15, 0.2) is 11.5 Å².